The first-order valence-corrected chi connectivity index (χ1v) is 11.8. The van der Waals surface area contributed by atoms with Crippen molar-refractivity contribution >= 4 is 23.2 Å². The number of thiophene rings is 1. The largest absolute Gasteiger partial charge is 0.491 e. The van der Waals surface area contributed by atoms with Gasteiger partial charge in [-0.05, 0) is 61.5 Å². The van der Waals surface area contributed by atoms with Gasteiger partial charge in [0.15, 0.2) is 0 Å². The Hall–Kier alpha value is -3.12. The van der Waals surface area contributed by atoms with Crippen molar-refractivity contribution in [3.8, 4) is 5.75 Å². The van der Waals surface area contributed by atoms with Crippen LogP contribution in [-0.4, -0.2) is 47.4 Å². The summed E-state index contributed by atoms with van der Waals surface area (Å²) in [5.41, 5.74) is 1.74. The number of carbonyl (C=O) groups excluding carboxylic acids is 2. The van der Waals surface area contributed by atoms with Gasteiger partial charge >= 0.3 is 0 Å². The lowest BCUT2D eigenvalue weighted by molar-refractivity contribution is -0.136. The van der Waals surface area contributed by atoms with Crippen molar-refractivity contribution in [2.45, 2.75) is 32.4 Å². The van der Waals surface area contributed by atoms with Gasteiger partial charge in [-0.25, -0.2) is 0 Å². The van der Waals surface area contributed by atoms with Gasteiger partial charge in [0.25, 0.3) is 5.91 Å². The van der Waals surface area contributed by atoms with E-state index < -0.39 is 0 Å². The summed E-state index contributed by atoms with van der Waals surface area (Å²) in [6.45, 7) is 4.94. The molecule has 4 rings (SSSR count). The molecule has 0 aliphatic carbocycles. The third-order valence-corrected chi connectivity index (χ3v) is 6.77. The van der Waals surface area contributed by atoms with Gasteiger partial charge in [-0.15, -0.1) is 11.3 Å². The summed E-state index contributed by atoms with van der Waals surface area (Å²) in [5.74, 6) is 0.603. The fourth-order valence-corrected chi connectivity index (χ4v) is 4.97. The molecule has 0 saturated heterocycles. The smallest absolute Gasteiger partial charge is 0.254 e. The maximum atomic E-state index is 13.5. The van der Waals surface area contributed by atoms with Crippen LogP contribution in [0.1, 0.15) is 40.7 Å². The molecule has 32 heavy (non-hydrogen) atoms. The van der Waals surface area contributed by atoms with Crippen LogP contribution in [-0.2, 0) is 11.2 Å². The fraction of sp³-hybridized carbons (Fsp3) is 0.308. The molecular formula is C26H28N2O3S. The van der Waals surface area contributed by atoms with Crippen LogP contribution in [0.3, 0.4) is 0 Å². The molecule has 0 fully saturated rings. The van der Waals surface area contributed by atoms with Crippen LogP contribution in [0.4, 0.5) is 0 Å². The second-order valence-electron chi connectivity index (χ2n) is 8.17. The lowest BCUT2D eigenvalue weighted by Crippen LogP contribution is -2.49. The molecular weight excluding hydrogens is 420 g/mol. The van der Waals surface area contributed by atoms with Crippen LogP contribution < -0.4 is 4.74 Å². The molecule has 0 spiro atoms. The standard InChI is InChI=1S/C26H28N2O3S/c1-19(2)28(26(30)20-9-5-3-6-10-20)17-25(29)27-15-13-24-22(14-16-32-24)23(27)18-31-21-11-7-4-8-12-21/h3-12,14,16,19,23H,13,15,17-18H2,1-2H3/t23-/m0/s1. The average molecular weight is 449 g/mol. The Morgan fingerprint density at radius 1 is 1.06 bits per heavy atom. The number of fused-ring (bicyclic) bond motifs is 1. The van der Waals surface area contributed by atoms with Crippen LogP contribution in [0.15, 0.2) is 72.1 Å². The highest BCUT2D eigenvalue weighted by Crippen LogP contribution is 2.34. The van der Waals surface area contributed by atoms with E-state index in [9.17, 15) is 9.59 Å². The molecule has 0 radical (unpaired) electrons. The van der Waals surface area contributed by atoms with Crippen LogP contribution in [0.25, 0.3) is 0 Å². The number of benzene rings is 2. The lowest BCUT2D eigenvalue weighted by atomic mass is 10.00. The molecule has 2 amide bonds. The Kier molecular flexibility index (Phi) is 6.90. The Morgan fingerprint density at radius 2 is 1.75 bits per heavy atom. The monoisotopic (exact) mass is 448 g/mol. The summed E-state index contributed by atoms with van der Waals surface area (Å²) in [7, 11) is 0. The van der Waals surface area contributed by atoms with Crippen LogP contribution in [0, 0.1) is 0 Å². The highest BCUT2D eigenvalue weighted by Gasteiger charge is 2.34. The molecule has 0 bridgehead atoms. The lowest BCUT2D eigenvalue weighted by Gasteiger charge is -2.37. The molecule has 6 heteroatoms. The molecule has 3 aromatic rings. The zero-order chi connectivity index (χ0) is 22.5. The second-order valence-corrected chi connectivity index (χ2v) is 9.17. The number of ether oxygens (including phenoxy) is 1. The molecule has 1 aliphatic heterocycles. The minimum atomic E-state index is -0.168. The quantitative estimate of drug-likeness (QED) is 0.522. The zero-order valence-electron chi connectivity index (χ0n) is 18.4. The highest BCUT2D eigenvalue weighted by molar-refractivity contribution is 7.10. The van der Waals surface area contributed by atoms with Gasteiger partial charge in [0.05, 0.1) is 6.04 Å². The van der Waals surface area contributed by atoms with Crippen LogP contribution >= 0.6 is 11.3 Å². The van der Waals surface area contributed by atoms with Crippen molar-refractivity contribution in [3.05, 3.63) is 88.1 Å². The summed E-state index contributed by atoms with van der Waals surface area (Å²) in [5, 5.41) is 2.08. The van der Waals surface area contributed by atoms with E-state index in [0.717, 1.165) is 17.7 Å². The van der Waals surface area contributed by atoms with Crippen molar-refractivity contribution in [1.82, 2.24) is 9.80 Å². The van der Waals surface area contributed by atoms with Gasteiger partial charge in [0.1, 0.15) is 18.9 Å². The van der Waals surface area contributed by atoms with Crippen molar-refractivity contribution in [3.63, 3.8) is 0 Å². The molecule has 5 nitrogen and oxygen atoms in total. The van der Waals surface area contributed by atoms with E-state index in [0.29, 0.717) is 18.7 Å². The van der Waals surface area contributed by atoms with Gasteiger partial charge in [-0.2, -0.15) is 0 Å². The number of hydrogen-bond acceptors (Lipinski definition) is 4. The van der Waals surface area contributed by atoms with E-state index in [4.69, 9.17) is 4.74 Å². The van der Waals surface area contributed by atoms with Crippen molar-refractivity contribution in [2.75, 3.05) is 19.7 Å². The Balaban J connectivity index is 1.53. The Bertz CT molecular complexity index is 1050. The number of hydrogen-bond donors (Lipinski definition) is 0. The second kappa shape index (κ2) is 10.0. The first-order chi connectivity index (χ1) is 15.5. The molecule has 0 saturated carbocycles. The fourth-order valence-electron chi connectivity index (χ4n) is 4.04. The zero-order valence-corrected chi connectivity index (χ0v) is 19.3. The van der Waals surface area contributed by atoms with E-state index in [1.54, 1.807) is 28.4 Å². The number of amides is 2. The average Bonchev–Trinajstić information content (AvgIpc) is 3.30. The molecule has 0 unspecified atom stereocenters. The molecule has 2 heterocycles. The third-order valence-electron chi connectivity index (χ3n) is 5.78. The SMILES string of the molecule is CC(C)N(CC(=O)N1CCc2sccc2[C@@H]1COc1ccccc1)C(=O)c1ccccc1. The highest BCUT2D eigenvalue weighted by atomic mass is 32.1. The van der Waals surface area contributed by atoms with Gasteiger partial charge < -0.3 is 14.5 Å². The minimum absolute atomic E-state index is 0.0483. The summed E-state index contributed by atoms with van der Waals surface area (Å²) >= 11 is 1.73. The summed E-state index contributed by atoms with van der Waals surface area (Å²) in [6.07, 6.45) is 0.828. The molecule has 1 atom stereocenters. The molecule has 1 aromatic heterocycles. The van der Waals surface area contributed by atoms with E-state index in [2.05, 4.69) is 11.4 Å². The van der Waals surface area contributed by atoms with Gasteiger partial charge in [-0.3, -0.25) is 9.59 Å². The first kappa shape index (κ1) is 22.1. The minimum Gasteiger partial charge on any atom is -0.491 e. The summed E-state index contributed by atoms with van der Waals surface area (Å²) < 4.78 is 6.05. The predicted molar refractivity (Wildman–Crippen MR) is 127 cm³/mol. The molecule has 166 valence electrons. The van der Waals surface area contributed by atoms with E-state index in [-0.39, 0.29) is 30.4 Å². The number of nitrogens with zero attached hydrogens (tertiary/aromatic N) is 2. The van der Waals surface area contributed by atoms with E-state index in [1.165, 1.54) is 4.88 Å². The summed E-state index contributed by atoms with van der Waals surface area (Å²) in [4.78, 5) is 31.4. The Labute approximate surface area is 193 Å². The summed E-state index contributed by atoms with van der Waals surface area (Å²) in [6, 6.07) is 20.6. The third kappa shape index (κ3) is 4.86. The number of para-hydroxylation sites is 1. The number of carbonyl (C=O) groups is 2. The Morgan fingerprint density at radius 3 is 2.44 bits per heavy atom. The first-order valence-electron chi connectivity index (χ1n) is 10.9. The van der Waals surface area contributed by atoms with Crippen molar-refractivity contribution in [1.29, 1.82) is 0 Å². The van der Waals surface area contributed by atoms with Gasteiger partial charge in [-0.1, -0.05) is 36.4 Å². The van der Waals surface area contributed by atoms with Crippen molar-refractivity contribution < 1.29 is 14.3 Å². The maximum Gasteiger partial charge on any atom is 0.254 e. The van der Waals surface area contributed by atoms with Gasteiger partial charge in [0.2, 0.25) is 5.91 Å². The molecule has 2 aromatic carbocycles. The maximum absolute atomic E-state index is 13.5. The van der Waals surface area contributed by atoms with Crippen LogP contribution in [0.5, 0.6) is 5.75 Å². The van der Waals surface area contributed by atoms with E-state index in [1.807, 2.05) is 67.3 Å². The van der Waals surface area contributed by atoms with Gasteiger partial charge in [0, 0.05) is 23.0 Å². The number of rotatable bonds is 7. The van der Waals surface area contributed by atoms with Crippen molar-refractivity contribution in [2.24, 2.45) is 0 Å². The van der Waals surface area contributed by atoms with Crippen LogP contribution in [0.2, 0.25) is 0 Å². The molecule has 1 aliphatic rings. The molecule has 0 N–H and O–H groups in total. The normalized spacial score (nSPS) is 15.3. The van der Waals surface area contributed by atoms with E-state index >= 15 is 0 Å². The predicted octanol–water partition coefficient (Wildman–Crippen LogP) is 4.80. The topological polar surface area (TPSA) is 49.9 Å².